The maximum Gasteiger partial charge on any atom is 0.446 e. The normalized spacial score (nSPS) is 19.3. The lowest BCUT2D eigenvalue weighted by Gasteiger charge is -2.25. The monoisotopic (exact) mass is 413 g/mol. The summed E-state index contributed by atoms with van der Waals surface area (Å²) in [5.74, 6) is -1.08. The predicted molar refractivity (Wildman–Crippen MR) is 92.2 cm³/mol. The molecule has 1 atom stereocenters. The van der Waals surface area contributed by atoms with E-state index < -0.39 is 28.9 Å². The van der Waals surface area contributed by atoms with Crippen molar-refractivity contribution < 1.29 is 27.6 Å². The first-order chi connectivity index (χ1) is 13.1. The molecule has 3 N–H and O–H groups in total. The number of nitrogens with one attached hydrogen (secondary N) is 3. The van der Waals surface area contributed by atoms with Crippen LogP contribution in [0.5, 0.6) is 0 Å². The highest BCUT2D eigenvalue weighted by molar-refractivity contribution is 8.00. The third-order valence-corrected chi connectivity index (χ3v) is 4.75. The van der Waals surface area contributed by atoms with Gasteiger partial charge in [0.25, 0.3) is 11.8 Å². The fourth-order valence-corrected chi connectivity index (χ4v) is 3.29. The number of hydrogen-bond acceptors (Lipinski definition) is 5. The molecular formula is C16H14F3N5O3S. The van der Waals surface area contributed by atoms with E-state index in [0.29, 0.717) is 0 Å². The van der Waals surface area contributed by atoms with Gasteiger partial charge < -0.3 is 15.2 Å². The third-order valence-electron chi connectivity index (χ3n) is 4.01. The fraction of sp³-hybridized carbons (Fsp3) is 0.250. The van der Waals surface area contributed by atoms with Crippen LogP contribution < -0.4 is 16.0 Å². The van der Waals surface area contributed by atoms with Crippen LogP contribution in [0.3, 0.4) is 0 Å². The number of halogens is 3. The molecule has 0 radical (unpaired) electrons. The van der Waals surface area contributed by atoms with Gasteiger partial charge in [-0.1, -0.05) is 0 Å². The first-order valence-corrected chi connectivity index (χ1v) is 8.68. The van der Waals surface area contributed by atoms with E-state index in [1.54, 1.807) is 13.2 Å². The van der Waals surface area contributed by atoms with Gasteiger partial charge in [-0.3, -0.25) is 14.9 Å². The molecule has 1 fully saturated rings. The SMILES string of the molecule is Cn1ccnc1C1(CNC(=O)c2ccc(SC(F)(F)F)cc2)NC(=O)NC1=O. The fourth-order valence-electron chi connectivity index (χ4n) is 2.75. The van der Waals surface area contributed by atoms with E-state index in [2.05, 4.69) is 20.9 Å². The quantitative estimate of drug-likeness (QED) is 0.509. The number of nitrogens with zero attached hydrogens (tertiary/aromatic N) is 2. The number of imide groups is 1. The molecule has 1 saturated heterocycles. The number of hydrogen-bond donors (Lipinski definition) is 3. The standard InChI is InChI=1S/C16H14F3N5O3S/c1-24-7-6-20-12(24)15(13(26)22-14(27)23-15)8-21-11(25)9-2-4-10(5-3-9)28-16(17,18)19/h2-7H,8H2,1H3,(H,21,25)(H2,22,23,26,27). The number of carbonyl (C=O) groups excluding carboxylic acids is 3. The van der Waals surface area contributed by atoms with Gasteiger partial charge in [-0.05, 0) is 36.0 Å². The molecule has 2 heterocycles. The molecule has 28 heavy (non-hydrogen) atoms. The maximum absolute atomic E-state index is 12.4. The van der Waals surface area contributed by atoms with Crippen molar-refractivity contribution in [1.29, 1.82) is 0 Å². The molecule has 1 aliphatic rings. The van der Waals surface area contributed by atoms with Gasteiger partial charge in [0, 0.05) is 29.9 Å². The lowest BCUT2D eigenvalue weighted by Crippen LogP contribution is -2.54. The molecule has 0 saturated carbocycles. The van der Waals surface area contributed by atoms with E-state index in [4.69, 9.17) is 0 Å². The van der Waals surface area contributed by atoms with Crippen molar-refractivity contribution in [3.05, 3.63) is 48.0 Å². The maximum atomic E-state index is 12.4. The number of aromatic nitrogens is 2. The zero-order valence-corrected chi connectivity index (χ0v) is 15.1. The van der Waals surface area contributed by atoms with Crippen LogP contribution in [0, 0.1) is 0 Å². The largest absolute Gasteiger partial charge is 0.446 e. The van der Waals surface area contributed by atoms with Crippen LogP contribution in [0.4, 0.5) is 18.0 Å². The molecule has 0 bridgehead atoms. The van der Waals surface area contributed by atoms with Gasteiger partial charge in [-0.15, -0.1) is 0 Å². The summed E-state index contributed by atoms with van der Waals surface area (Å²) >= 11 is -0.288. The van der Waals surface area contributed by atoms with E-state index in [9.17, 15) is 27.6 Å². The molecule has 1 aliphatic heterocycles. The second-order valence-corrected chi connectivity index (χ2v) is 7.07. The summed E-state index contributed by atoms with van der Waals surface area (Å²) < 4.78 is 38.7. The minimum Gasteiger partial charge on any atom is -0.349 e. The first kappa shape index (κ1) is 19.7. The Hall–Kier alpha value is -3.02. The third kappa shape index (κ3) is 3.96. The number of imidazole rings is 1. The van der Waals surface area contributed by atoms with Gasteiger partial charge in [-0.25, -0.2) is 9.78 Å². The van der Waals surface area contributed by atoms with Crippen LogP contribution in [-0.2, 0) is 17.4 Å². The Bertz CT molecular complexity index is 928. The van der Waals surface area contributed by atoms with Crippen molar-refractivity contribution in [2.45, 2.75) is 15.9 Å². The number of benzene rings is 1. The summed E-state index contributed by atoms with van der Waals surface area (Å²) in [7, 11) is 1.63. The molecule has 1 aromatic heterocycles. The van der Waals surface area contributed by atoms with E-state index in [-0.39, 0.29) is 34.6 Å². The highest BCUT2D eigenvalue weighted by Gasteiger charge is 2.50. The zero-order valence-electron chi connectivity index (χ0n) is 14.3. The minimum absolute atomic E-state index is 0.0593. The molecule has 148 valence electrons. The Balaban J connectivity index is 1.75. The highest BCUT2D eigenvalue weighted by atomic mass is 32.2. The van der Waals surface area contributed by atoms with Gasteiger partial charge >= 0.3 is 11.5 Å². The van der Waals surface area contributed by atoms with Crippen molar-refractivity contribution in [2.75, 3.05) is 6.54 Å². The van der Waals surface area contributed by atoms with Crippen LogP contribution in [0.1, 0.15) is 16.2 Å². The average Bonchev–Trinajstić information content (AvgIpc) is 3.15. The molecule has 1 aromatic carbocycles. The molecule has 8 nitrogen and oxygen atoms in total. The minimum atomic E-state index is -4.42. The molecule has 12 heteroatoms. The van der Waals surface area contributed by atoms with Crippen molar-refractivity contribution in [1.82, 2.24) is 25.5 Å². The van der Waals surface area contributed by atoms with E-state index in [1.807, 2.05) is 0 Å². The van der Waals surface area contributed by atoms with Crippen molar-refractivity contribution in [3.8, 4) is 0 Å². The molecule has 0 aliphatic carbocycles. The molecule has 1 unspecified atom stereocenters. The molecule has 3 rings (SSSR count). The number of amides is 4. The summed E-state index contributed by atoms with van der Waals surface area (Å²) in [5.41, 5.74) is -5.92. The van der Waals surface area contributed by atoms with Gasteiger partial charge in [0.2, 0.25) is 0 Å². The van der Waals surface area contributed by atoms with Crippen LogP contribution in [0.2, 0.25) is 0 Å². The number of carbonyl (C=O) groups is 3. The van der Waals surface area contributed by atoms with E-state index in [0.717, 1.165) is 0 Å². The topological polar surface area (TPSA) is 105 Å². The Morgan fingerprint density at radius 2 is 1.96 bits per heavy atom. The van der Waals surface area contributed by atoms with Crippen LogP contribution in [-0.4, -0.2) is 39.4 Å². The molecular weight excluding hydrogens is 399 g/mol. The van der Waals surface area contributed by atoms with Crippen LogP contribution in [0.25, 0.3) is 0 Å². The second-order valence-electron chi connectivity index (χ2n) is 5.93. The van der Waals surface area contributed by atoms with Crippen LogP contribution in [0.15, 0.2) is 41.6 Å². The van der Waals surface area contributed by atoms with Gasteiger partial charge in [0.15, 0.2) is 5.54 Å². The number of thioether (sulfide) groups is 1. The summed E-state index contributed by atoms with van der Waals surface area (Å²) in [5, 5.41) is 7.11. The number of aryl methyl sites for hydroxylation is 1. The number of alkyl halides is 3. The Morgan fingerprint density at radius 1 is 1.29 bits per heavy atom. The van der Waals surface area contributed by atoms with Gasteiger partial charge in [0.1, 0.15) is 5.82 Å². The summed E-state index contributed by atoms with van der Waals surface area (Å²) in [6.07, 6.45) is 3.02. The Morgan fingerprint density at radius 3 is 2.46 bits per heavy atom. The molecule has 0 spiro atoms. The summed E-state index contributed by atoms with van der Waals surface area (Å²) in [6, 6.07) is 4.10. The van der Waals surface area contributed by atoms with Gasteiger partial charge in [-0.2, -0.15) is 13.2 Å². The van der Waals surface area contributed by atoms with Crippen molar-refractivity contribution in [2.24, 2.45) is 7.05 Å². The smallest absolute Gasteiger partial charge is 0.349 e. The lowest BCUT2D eigenvalue weighted by molar-refractivity contribution is -0.124. The Kier molecular flexibility index (Phi) is 5.06. The average molecular weight is 413 g/mol. The number of urea groups is 1. The molecule has 4 amide bonds. The zero-order chi connectivity index (χ0) is 20.5. The van der Waals surface area contributed by atoms with Gasteiger partial charge in [0.05, 0.1) is 6.54 Å². The van der Waals surface area contributed by atoms with E-state index in [1.165, 1.54) is 35.0 Å². The number of rotatable bonds is 5. The van der Waals surface area contributed by atoms with Crippen molar-refractivity contribution in [3.63, 3.8) is 0 Å². The Labute approximate surface area is 160 Å². The van der Waals surface area contributed by atoms with Crippen LogP contribution >= 0.6 is 11.8 Å². The summed E-state index contributed by atoms with van der Waals surface area (Å²) in [6.45, 7) is -0.298. The molecule has 2 aromatic rings. The van der Waals surface area contributed by atoms with Crippen molar-refractivity contribution >= 4 is 29.6 Å². The predicted octanol–water partition coefficient (Wildman–Crippen LogP) is 1.50. The van der Waals surface area contributed by atoms with E-state index >= 15 is 0 Å². The summed E-state index contributed by atoms with van der Waals surface area (Å²) in [4.78, 5) is 40.4. The lowest BCUT2D eigenvalue weighted by atomic mass is 9.98. The first-order valence-electron chi connectivity index (χ1n) is 7.86. The highest BCUT2D eigenvalue weighted by Crippen LogP contribution is 2.36. The second kappa shape index (κ2) is 7.19.